The molecular weight excluding hydrogens is 274 g/mol. The number of hydrogen-bond acceptors (Lipinski definition) is 3. The number of aromatic carboxylic acids is 1. The van der Waals surface area contributed by atoms with Gasteiger partial charge < -0.3 is 9.84 Å². The Hall–Kier alpha value is -1.95. The summed E-state index contributed by atoms with van der Waals surface area (Å²) in [7, 11) is 0. The van der Waals surface area contributed by atoms with Gasteiger partial charge in [-0.2, -0.15) is 0 Å². The number of rotatable bonds is 4. The fraction of sp³-hybridized carbons (Fsp3) is 0.154. The van der Waals surface area contributed by atoms with E-state index in [0.29, 0.717) is 5.56 Å². The Morgan fingerprint density at radius 1 is 1.26 bits per heavy atom. The normalized spacial score (nSPS) is 10.5. The minimum Gasteiger partial charge on any atom is -0.489 e. The summed E-state index contributed by atoms with van der Waals surface area (Å²) in [5.41, 5.74) is 0.687. The maximum Gasteiger partial charge on any atom is 0.345 e. The Morgan fingerprint density at radius 3 is 2.42 bits per heavy atom. The van der Waals surface area contributed by atoms with Crippen molar-refractivity contribution in [2.45, 2.75) is 13.5 Å². The maximum atomic E-state index is 12.9. The Labute approximate surface area is 112 Å². The molecule has 0 fully saturated rings. The van der Waals surface area contributed by atoms with Crippen molar-refractivity contribution >= 4 is 17.3 Å². The summed E-state index contributed by atoms with van der Waals surface area (Å²) in [4.78, 5) is 11.8. The van der Waals surface area contributed by atoms with Crippen LogP contribution in [0.4, 0.5) is 8.78 Å². The van der Waals surface area contributed by atoms with Gasteiger partial charge in [0.1, 0.15) is 28.9 Å². The fourth-order valence-electron chi connectivity index (χ4n) is 1.54. The highest BCUT2D eigenvalue weighted by molar-refractivity contribution is 7.14. The highest BCUT2D eigenvalue weighted by Crippen LogP contribution is 2.24. The van der Waals surface area contributed by atoms with Crippen LogP contribution in [0.2, 0.25) is 0 Å². The van der Waals surface area contributed by atoms with Crippen molar-refractivity contribution in [2.24, 2.45) is 0 Å². The molecular formula is C13H10F2O3S. The minimum absolute atomic E-state index is 0.0680. The van der Waals surface area contributed by atoms with E-state index in [2.05, 4.69) is 0 Å². The number of benzene rings is 1. The van der Waals surface area contributed by atoms with Crippen LogP contribution in [0.15, 0.2) is 24.3 Å². The highest BCUT2D eigenvalue weighted by atomic mass is 32.1. The Kier molecular flexibility index (Phi) is 3.80. The molecule has 2 aromatic rings. The largest absolute Gasteiger partial charge is 0.489 e. The van der Waals surface area contributed by atoms with Crippen molar-refractivity contribution < 1.29 is 23.4 Å². The number of halogens is 2. The molecule has 0 aliphatic carbocycles. The minimum atomic E-state index is -1.00. The Bertz CT molecular complexity index is 602. The molecule has 6 heteroatoms. The zero-order chi connectivity index (χ0) is 14.0. The summed E-state index contributed by atoms with van der Waals surface area (Å²) in [6.07, 6.45) is 0. The second-order valence-corrected chi connectivity index (χ2v) is 5.15. The number of carboxylic acids is 1. The van der Waals surface area contributed by atoms with E-state index in [1.165, 1.54) is 6.07 Å². The second kappa shape index (κ2) is 5.36. The van der Waals surface area contributed by atoms with Gasteiger partial charge in [-0.15, -0.1) is 11.3 Å². The van der Waals surface area contributed by atoms with Crippen molar-refractivity contribution in [1.82, 2.24) is 0 Å². The molecule has 1 N–H and O–H groups in total. The molecule has 0 saturated heterocycles. The van der Waals surface area contributed by atoms with Crippen LogP contribution in [0, 0.1) is 18.6 Å². The molecule has 0 spiro atoms. The van der Waals surface area contributed by atoms with Gasteiger partial charge in [0.25, 0.3) is 0 Å². The quantitative estimate of drug-likeness (QED) is 0.933. The number of carboxylic acid groups (broad SMARTS) is 1. The summed E-state index contributed by atoms with van der Waals surface area (Å²) in [5, 5.41) is 8.85. The number of hydrogen-bond donors (Lipinski definition) is 1. The third kappa shape index (κ3) is 3.29. The lowest BCUT2D eigenvalue weighted by Gasteiger charge is -2.06. The van der Waals surface area contributed by atoms with E-state index < -0.39 is 17.6 Å². The first-order chi connectivity index (χ1) is 8.95. The smallest absolute Gasteiger partial charge is 0.345 e. The number of thiophene rings is 1. The molecule has 0 radical (unpaired) electrons. The molecule has 0 amide bonds. The van der Waals surface area contributed by atoms with Gasteiger partial charge in [-0.25, -0.2) is 13.6 Å². The molecule has 3 nitrogen and oxygen atoms in total. The molecule has 0 aliphatic rings. The van der Waals surface area contributed by atoms with Crippen LogP contribution >= 0.6 is 11.3 Å². The van der Waals surface area contributed by atoms with Crippen molar-refractivity contribution in [3.8, 4) is 5.75 Å². The molecule has 0 aliphatic heterocycles. The number of carbonyl (C=O) groups is 1. The Morgan fingerprint density at radius 2 is 1.89 bits per heavy atom. The molecule has 0 bridgehead atoms. The number of ether oxygens (including phenoxy) is 1. The highest BCUT2D eigenvalue weighted by Gasteiger charge is 2.11. The van der Waals surface area contributed by atoms with E-state index in [1.54, 1.807) is 6.92 Å². The summed E-state index contributed by atoms with van der Waals surface area (Å²) < 4.78 is 31.2. The predicted molar refractivity (Wildman–Crippen MR) is 66.7 cm³/mol. The first kappa shape index (κ1) is 13.5. The van der Waals surface area contributed by atoms with Crippen LogP contribution in [-0.4, -0.2) is 11.1 Å². The van der Waals surface area contributed by atoms with Crippen molar-refractivity contribution in [3.63, 3.8) is 0 Å². The molecule has 1 heterocycles. The Balaban J connectivity index is 2.12. The van der Waals surface area contributed by atoms with E-state index in [4.69, 9.17) is 9.84 Å². The molecule has 1 aromatic heterocycles. The monoisotopic (exact) mass is 284 g/mol. The molecule has 19 heavy (non-hydrogen) atoms. The maximum absolute atomic E-state index is 12.9. The molecule has 0 unspecified atom stereocenters. The third-order valence-corrected chi connectivity index (χ3v) is 3.54. The predicted octanol–water partition coefficient (Wildman–Crippen LogP) is 3.61. The van der Waals surface area contributed by atoms with Crippen molar-refractivity contribution in [1.29, 1.82) is 0 Å². The van der Waals surface area contributed by atoms with Crippen LogP contribution in [0.1, 0.15) is 20.1 Å². The summed E-state index contributed by atoms with van der Waals surface area (Å²) in [6, 6.07) is 4.40. The van der Waals surface area contributed by atoms with Gasteiger partial charge in [-0.3, -0.25) is 0 Å². The SMILES string of the molecule is Cc1sc(C(=O)O)cc1COc1cc(F)cc(F)c1. The lowest BCUT2D eigenvalue weighted by Crippen LogP contribution is -1.97. The lowest BCUT2D eigenvalue weighted by molar-refractivity contribution is 0.0702. The van der Waals surface area contributed by atoms with E-state index in [-0.39, 0.29) is 17.2 Å². The van der Waals surface area contributed by atoms with Crippen molar-refractivity contribution in [3.05, 3.63) is 51.2 Å². The first-order valence-electron chi connectivity index (χ1n) is 5.37. The fourth-order valence-corrected chi connectivity index (χ4v) is 2.41. The molecule has 0 atom stereocenters. The van der Waals surface area contributed by atoms with Gasteiger partial charge in [0.05, 0.1) is 0 Å². The van der Waals surface area contributed by atoms with E-state index in [0.717, 1.165) is 34.4 Å². The molecule has 100 valence electrons. The van der Waals surface area contributed by atoms with E-state index in [1.807, 2.05) is 0 Å². The van der Waals surface area contributed by atoms with Gasteiger partial charge >= 0.3 is 5.97 Å². The average Bonchev–Trinajstić information content (AvgIpc) is 2.67. The average molecular weight is 284 g/mol. The zero-order valence-corrected chi connectivity index (χ0v) is 10.8. The molecule has 2 rings (SSSR count). The van der Waals surface area contributed by atoms with E-state index in [9.17, 15) is 13.6 Å². The lowest BCUT2D eigenvalue weighted by atomic mass is 10.2. The third-order valence-electron chi connectivity index (χ3n) is 2.46. The molecule has 0 saturated carbocycles. The van der Waals surface area contributed by atoms with Crippen LogP contribution in [-0.2, 0) is 6.61 Å². The van der Waals surface area contributed by atoms with Gasteiger partial charge in [0, 0.05) is 28.6 Å². The van der Waals surface area contributed by atoms with Crippen LogP contribution in [0.25, 0.3) is 0 Å². The second-order valence-electron chi connectivity index (χ2n) is 3.89. The standard InChI is InChI=1S/C13H10F2O3S/c1-7-8(2-12(19-7)13(16)17)6-18-11-4-9(14)3-10(15)5-11/h2-5H,6H2,1H3,(H,16,17). The van der Waals surface area contributed by atoms with Gasteiger partial charge in [-0.05, 0) is 13.0 Å². The zero-order valence-electron chi connectivity index (χ0n) is 9.94. The van der Waals surface area contributed by atoms with Crippen LogP contribution < -0.4 is 4.74 Å². The van der Waals surface area contributed by atoms with Crippen molar-refractivity contribution in [2.75, 3.05) is 0 Å². The summed E-state index contributed by atoms with van der Waals surface area (Å²) in [6.45, 7) is 1.83. The van der Waals surface area contributed by atoms with Gasteiger partial charge in [-0.1, -0.05) is 0 Å². The molecule has 1 aromatic carbocycles. The topological polar surface area (TPSA) is 46.5 Å². The van der Waals surface area contributed by atoms with Crippen LogP contribution in [0.5, 0.6) is 5.75 Å². The summed E-state index contributed by atoms with van der Waals surface area (Å²) in [5.74, 6) is -2.37. The van der Waals surface area contributed by atoms with E-state index >= 15 is 0 Å². The summed E-state index contributed by atoms with van der Waals surface area (Å²) >= 11 is 1.14. The first-order valence-corrected chi connectivity index (χ1v) is 6.19. The van der Waals surface area contributed by atoms with Gasteiger partial charge in [0.15, 0.2) is 0 Å². The number of aryl methyl sites for hydroxylation is 1. The van der Waals surface area contributed by atoms with Crippen LogP contribution in [0.3, 0.4) is 0 Å². The van der Waals surface area contributed by atoms with Gasteiger partial charge in [0.2, 0.25) is 0 Å².